The minimum Gasteiger partial charge on any atom is -0.490 e. The molecule has 1 aromatic rings. The third kappa shape index (κ3) is 2.59. The number of hydrogen-bond donors (Lipinski definition) is 0. The van der Waals surface area contributed by atoms with E-state index in [-0.39, 0.29) is 0 Å². The van der Waals surface area contributed by atoms with Crippen LogP contribution in [0.25, 0.3) is 0 Å². The van der Waals surface area contributed by atoms with E-state index in [1.807, 2.05) is 6.07 Å². The van der Waals surface area contributed by atoms with Crippen molar-refractivity contribution < 1.29 is 4.74 Å². The molecule has 0 amide bonds. The van der Waals surface area contributed by atoms with E-state index in [9.17, 15) is 0 Å². The van der Waals surface area contributed by atoms with Crippen molar-refractivity contribution in [2.75, 3.05) is 0 Å². The maximum atomic E-state index is 5.78. The molecule has 0 aliphatic heterocycles. The molecule has 0 heterocycles. The number of hydrogen-bond acceptors (Lipinski definition) is 1. The fourth-order valence-corrected chi connectivity index (χ4v) is 2.82. The first kappa shape index (κ1) is 9.77. The van der Waals surface area contributed by atoms with Gasteiger partial charge >= 0.3 is 0 Å². The molecule has 0 spiro atoms. The molecule has 1 nitrogen and oxygen atoms in total. The second-order valence-corrected chi connectivity index (χ2v) is 5.44. The summed E-state index contributed by atoms with van der Waals surface area (Å²) in [6.07, 6.45) is 4.20. The van der Waals surface area contributed by atoms with Crippen LogP contribution in [-0.4, -0.2) is 6.10 Å². The summed E-state index contributed by atoms with van der Waals surface area (Å²) in [5.41, 5.74) is 0. The van der Waals surface area contributed by atoms with Crippen LogP contribution in [0.2, 0.25) is 0 Å². The molecule has 1 aliphatic carbocycles. The van der Waals surface area contributed by atoms with Crippen LogP contribution in [0.4, 0.5) is 0 Å². The van der Waals surface area contributed by atoms with Crippen LogP contribution in [0.15, 0.2) is 22.7 Å². The van der Waals surface area contributed by atoms with Gasteiger partial charge in [0, 0.05) is 8.04 Å². The topological polar surface area (TPSA) is 9.23 Å². The van der Waals surface area contributed by atoms with Crippen LogP contribution in [0, 0.1) is 3.57 Å². The summed E-state index contributed by atoms with van der Waals surface area (Å²) < 4.78 is 8.08. The maximum absolute atomic E-state index is 5.78. The first-order chi connectivity index (χ1) is 6.24. The molecule has 13 heavy (non-hydrogen) atoms. The Bertz CT molecular complexity index is 290. The molecular formula is C10H10BrIO. The molecule has 70 valence electrons. The molecule has 3 heteroatoms. The molecule has 0 N–H and O–H groups in total. The first-order valence-corrected chi connectivity index (χ1v) is 6.24. The van der Waals surface area contributed by atoms with Crippen molar-refractivity contribution in [2.45, 2.75) is 25.4 Å². The third-order valence-corrected chi connectivity index (χ3v) is 3.27. The lowest BCUT2D eigenvalue weighted by Gasteiger charge is -2.26. The minimum atomic E-state index is 0.463. The Balaban J connectivity index is 2.10. The average Bonchev–Trinajstić information content (AvgIpc) is 1.95. The van der Waals surface area contributed by atoms with Gasteiger partial charge in [-0.25, -0.2) is 0 Å². The lowest BCUT2D eigenvalue weighted by atomic mass is 9.96. The quantitative estimate of drug-likeness (QED) is 0.731. The zero-order chi connectivity index (χ0) is 9.26. The van der Waals surface area contributed by atoms with Crippen molar-refractivity contribution in [3.63, 3.8) is 0 Å². The summed E-state index contributed by atoms with van der Waals surface area (Å²) >= 11 is 5.76. The van der Waals surface area contributed by atoms with Crippen LogP contribution in [0.3, 0.4) is 0 Å². The van der Waals surface area contributed by atoms with Crippen LogP contribution in [0.1, 0.15) is 19.3 Å². The molecule has 1 saturated carbocycles. The standard InChI is InChI=1S/C10H10BrIO/c11-7-4-8(12)6-10(5-7)13-9-2-1-3-9/h4-6,9H,1-3H2. The number of benzene rings is 1. The van der Waals surface area contributed by atoms with Gasteiger partial charge in [-0.2, -0.15) is 0 Å². The molecule has 1 aromatic carbocycles. The smallest absolute Gasteiger partial charge is 0.121 e. The Morgan fingerprint density at radius 3 is 2.62 bits per heavy atom. The number of rotatable bonds is 2. The van der Waals surface area contributed by atoms with Gasteiger partial charge in [0.25, 0.3) is 0 Å². The van der Waals surface area contributed by atoms with Gasteiger partial charge in [-0.15, -0.1) is 0 Å². The molecule has 0 atom stereocenters. The van der Waals surface area contributed by atoms with E-state index in [1.165, 1.54) is 22.8 Å². The summed E-state index contributed by atoms with van der Waals surface area (Å²) in [5.74, 6) is 0.989. The molecule has 2 rings (SSSR count). The van der Waals surface area contributed by atoms with Crippen LogP contribution in [-0.2, 0) is 0 Å². The Hall–Kier alpha value is 0.230. The van der Waals surface area contributed by atoms with E-state index >= 15 is 0 Å². The third-order valence-electron chi connectivity index (χ3n) is 2.19. The summed E-state index contributed by atoms with van der Waals surface area (Å²) in [7, 11) is 0. The molecule has 0 radical (unpaired) electrons. The van der Waals surface area contributed by atoms with Crippen molar-refractivity contribution in [3.05, 3.63) is 26.2 Å². The van der Waals surface area contributed by atoms with Gasteiger partial charge in [-0.05, 0) is 60.1 Å². The van der Waals surface area contributed by atoms with Crippen LogP contribution in [0.5, 0.6) is 5.75 Å². The van der Waals surface area contributed by atoms with Crippen molar-refractivity contribution in [1.82, 2.24) is 0 Å². The van der Waals surface area contributed by atoms with Gasteiger partial charge in [0.2, 0.25) is 0 Å². The first-order valence-electron chi connectivity index (χ1n) is 4.37. The zero-order valence-electron chi connectivity index (χ0n) is 7.09. The lowest BCUT2D eigenvalue weighted by Crippen LogP contribution is -2.24. The van der Waals surface area contributed by atoms with Crippen molar-refractivity contribution in [2.24, 2.45) is 0 Å². The van der Waals surface area contributed by atoms with E-state index in [0.29, 0.717) is 6.10 Å². The lowest BCUT2D eigenvalue weighted by molar-refractivity contribution is 0.120. The normalized spacial score (nSPS) is 16.8. The second-order valence-electron chi connectivity index (χ2n) is 3.28. The van der Waals surface area contributed by atoms with Crippen molar-refractivity contribution in [3.8, 4) is 5.75 Å². The molecule has 0 bridgehead atoms. The molecule has 1 aliphatic rings. The Morgan fingerprint density at radius 1 is 1.31 bits per heavy atom. The van der Waals surface area contributed by atoms with Crippen LogP contribution < -0.4 is 4.74 Å². The molecule has 0 unspecified atom stereocenters. The Morgan fingerprint density at radius 2 is 2.08 bits per heavy atom. The fourth-order valence-electron chi connectivity index (χ4n) is 1.28. The van der Waals surface area contributed by atoms with Crippen molar-refractivity contribution >= 4 is 38.5 Å². The highest BCUT2D eigenvalue weighted by atomic mass is 127. The van der Waals surface area contributed by atoms with Crippen LogP contribution >= 0.6 is 38.5 Å². The van der Waals surface area contributed by atoms with Gasteiger partial charge in [0.1, 0.15) is 5.75 Å². The van der Waals surface area contributed by atoms with E-state index < -0.39 is 0 Å². The van der Waals surface area contributed by atoms with E-state index in [0.717, 1.165) is 10.2 Å². The molecule has 0 saturated heterocycles. The van der Waals surface area contributed by atoms with E-state index in [4.69, 9.17) is 4.74 Å². The highest BCUT2D eigenvalue weighted by Gasteiger charge is 2.19. The van der Waals surface area contributed by atoms with Gasteiger partial charge in [-0.1, -0.05) is 15.9 Å². The Labute approximate surface area is 100 Å². The van der Waals surface area contributed by atoms with Gasteiger partial charge in [-0.3, -0.25) is 0 Å². The van der Waals surface area contributed by atoms with Gasteiger partial charge < -0.3 is 4.74 Å². The SMILES string of the molecule is Brc1cc(I)cc(OC2CCC2)c1. The predicted octanol–water partition coefficient (Wildman–Crippen LogP) is 3.99. The Kier molecular flexibility index (Phi) is 3.14. The summed E-state index contributed by atoms with van der Waals surface area (Å²) in [6.45, 7) is 0. The summed E-state index contributed by atoms with van der Waals surface area (Å²) in [4.78, 5) is 0. The monoisotopic (exact) mass is 352 g/mol. The average molecular weight is 353 g/mol. The van der Waals surface area contributed by atoms with Crippen molar-refractivity contribution in [1.29, 1.82) is 0 Å². The van der Waals surface area contributed by atoms with Gasteiger partial charge in [0.15, 0.2) is 0 Å². The highest BCUT2D eigenvalue weighted by Crippen LogP contribution is 2.28. The van der Waals surface area contributed by atoms with E-state index in [1.54, 1.807) is 0 Å². The fraction of sp³-hybridized carbons (Fsp3) is 0.400. The maximum Gasteiger partial charge on any atom is 0.121 e. The highest BCUT2D eigenvalue weighted by molar-refractivity contribution is 14.1. The predicted molar refractivity (Wildman–Crippen MR) is 65.1 cm³/mol. The van der Waals surface area contributed by atoms with Gasteiger partial charge in [0.05, 0.1) is 6.10 Å². The summed E-state index contributed by atoms with van der Waals surface area (Å²) in [5, 5.41) is 0. The number of halogens is 2. The zero-order valence-corrected chi connectivity index (χ0v) is 10.8. The largest absolute Gasteiger partial charge is 0.490 e. The minimum absolute atomic E-state index is 0.463. The molecular weight excluding hydrogens is 343 g/mol. The molecule has 1 fully saturated rings. The molecule has 0 aromatic heterocycles. The summed E-state index contributed by atoms with van der Waals surface area (Å²) in [6, 6.07) is 6.18. The van der Waals surface area contributed by atoms with E-state index in [2.05, 4.69) is 50.7 Å². The number of ether oxygens (including phenoxy) is 1. The second kappa shape index (κ2) is 4.17.